The van der Waals surface area contributed by atoms with Crippen LogP contribution in [0, 0.1) is 13.8 Å². The van der Waals surface area contributed by atoms with Gasteiger partial charge in [-0.1, -0.05) is 43.9 Å². The number of sulfonamides is 1. The molecule has 0 fully saturated rings. The summed E-state index contributed by atoms with van der Waals surface area (Å²) in [6.45, 7) is 6.56. The van der Waals surface area contributed by atoms with Crippen LogP contribution in [0.4, 0.5) is 5.69 Å². The van der Waals surface area contributed by atoms with Crippen LogP contribution < -0.4 is 9.64 Å². The molecule has 3 rings (SSSR count). The van der Waals surface area contributed by atoms with Crippen LogP contribution in [0.25, 0.3) is 0 Å². The molecule has 180 valence electrons. The van der Waals surface area contributed by atoms with Gasteiger partial charge in [-0.2, -0.15) is 4.31 Å². The molecule has 0 spiro atoms. The Morgan fingerprint density at radius 3 is 2.21 bits per heavy atom. The van der Waals surface area contributed by atoms with Gasteiger partial charge < -0.3 is 9.64 Å². The van der Waals surface area contributed by atoms with Crippen LogP contribution in [0.5, 0.6) is 5.75 Å². The lowest BCUT2D eigenvalue weighted by Crippen LogP contribution is -2.34. The van der Waals surface area contributed by atoms with Crippen LogP contribution in [0.1, 0.15) is 62.1 Å². The molecular weight excluding hydrogens is 436 g/mol. The van der Waals surface area contributed by atoms with Gasteiger partial charge in [-0.3, -0.25) is 4.79 Å². The lowest BCUT2D eigenvalue weighted by Gasteiger charge is -2.28. The van der Waals surface area contributed by atoms with Crippen LogP contribution >= 0.6 is 0 Å². The van der Waals surface area contributed by atoms with Crippen LogP contribution in [-0.4, -0.2) is 38.8 Å². The zero-order valence-corrected chi connectivity index (χ0v) is 21.1. The van der Waals surface area contributed by atoms with Gasteiger partial charge in [-0.15, -0.1) is 0 Å². The highest BCUT2D eigenvalue weighted by Gasteiger charge is 2.28. The normalized spacial score (nSPS) is 16.8. The van der Waals surface area contributed by atoms with E-state index < -0.39 is 10.0 Å². The van der Waals surface area contributed by atoms with Crippen molar-refractivity contribution in [1.82, 2.24) is 4.31 Å². The molecule has 0 unspecified atom stereocenters. The number of carbonyl (C=O) groups excluding carboxylic acids is 1. The van der Waals surface area contributed by atoms with Gasteiger partial charge in [0, 0.05) is 32.2 Å². The molecule has 7 heteroatoms. The zero-order valence-electron chi connectivity index (χ0n) is 20.3. The van der Waals surface area contributed by atoms with E-state index in [0.717, 1.165) is 55.3 Å². The molecule has 0 saturated carbocycles. The second-order valence-corrected chi connectivity index (χ2v) is 10.8. The fourth-order valence-corrected chi connectivity index (χ4v) is 6.24. The van der Waals surface area contributed by atoms with Crippen molar-refractivity contribution in [3.63, 3.8) is 0 Å². The van der Waals surface area contributed by atoms with Crippen molar-refractivity contribution in [2.45, 2.75) is 70.7 Å². The van der Waals surface area contributed by atoms with E-state index in [1.165, 1.54) is 0 Å². The summed E-state index contributed by atoms with van der Waals surface area (Å²) in [5.41, 5.74) is 3.10. The molecule has 0 atom stereocenters. The number of methoxy groups -OCH3 is 1. The standard InChI is InChI=1S/C26H36N2O4S/c1-20-18-26(21(2)17-25(20)32-4)33(30,31)27-15-11-7-5-6-8-12-16-28(22(3)29)24-14-10-9-13-23(24)19-27/h9-10,13-14,17-18H,5-8,11-12,15-16,19H2,1-4H3. The van der Waals surface area contributed by atoms with Gasteiger partial charge in [0.1, 0.15) is 5.75 Å². The molecule has 1 amide bonds. The number of rotatable bonds is 3. The molecule has 0 saturated heterocycles. The van der Waals surface area contributed by atoms with Crippen molar-refractivity contribution >= 4 is 21.6 Å². The van der Waals surface area contributed by atoms with E-state index >= 15 is 0 Å². The Balaban J connectivity index is 2.05. The monoisotopic (exact) mass is 472 g/mol. The van der Waals surface area contributed by atoms with Gasteiger partial charge in [-0.25, -0.2) is 8.42 Å². The van der Waals surface area contributed by atoms with Crippen LogP contribution in [0.15, 0.2) is 41.3 Å². The molecule has 33 heavy (non-hydrogen) atoms. The third-order valence-corrected chi connectivity index (χ3v) is 8.35. The van der Waals surface area contributed by atoms with Crippen LogP contribution in [0.3, 0.4) is 0 Å². The van der Waals surface area contributed by atoms with E-state index in [2.05, 4.69) is 0 Å². The summed E-state index contributed by atoms with van der Waals surface area (Å²) in [6.07, 6.45) is 5.98. The fraction of sp³-hybridized carbons (Fsp3) is 0.500. The third-order valence-electron chi connectivity index (χ3n) is 6.36. The van der Waals surface area contributed by atoms with Crippen LogP contribution in [0.2, 0.25) is 0 Å². The second-order valence-electron chi connectivity index (χ2n) is 8.85. The van der Waals surface area contributed by atoms with Gasteiger partial charge in [0.15, 0.2) is 0 Å². The molecule has 0 radical (unpaired) electrons. The van der Waals surface area contributed by atoms with Crippen molar-refractivity contribution in [2.75, 3.05) is 25.1 Å². The van der Waals surface area contributed by atoms with Crippen molar-refractivity contribution in [3.8, 4) is 5.75 Å². The number of benzene rings is 2. The van der Waals surface area contributed by atoms with Crippen molar-refractivity contribution in [2.24, 2.45) is 0 Å². The summed E-state index contributed by atoms with van der Waals surface area (Å²) in [7, 11) is -2.15. The first-order valence-electron chi connectivity index (χ1n) is 11.8. The Bertz CT molecular complexity index is 1080. The number of hydrogen-bond acceptors (Lipinski definition) is 4. The van der Waals surface area contributed by atoms with E-state index in [-0.39, 0.29) is 12.5 Å². The molecular formula is C26H36N2O4S. The molecule has 2 aromatic rings. The minimum Gasteiger partial charge on any atom is -0.496 e. The Labute approximate surface area is 198 Å². The Hall–Kier alpha value is -2.38. The largest absolute Gasteiger partial charge is 0.496 e. The summed E-state index contributed by atoms with van der Waals surface area (Å²) >= 11 is 0. The van der Waals surface area contributed by atoms with Crippen molar-refractivity contribution in [3.05, 3.63) is 53.1 Å². The summed E-state index contributed by atoms with van der Waals surface area (Å²) in [6, 6.07) is 11.2. The van der Waals surface area contributed by atoms with Gasteiger partial charge >= 0.3 is 0 Å². The topological polar surface area (TPSA) is 66.9 Å². The molecule has 0 bridgehead atoms. The number of para-hydroxylation sites is 1. The van der Waals surface area contributed by atoms with Crippen molar-refractivity contribution in [1.29, 1.82) is 0 Å². The van der Waals surface area contributed by atoms with Crippen LogP contribution in [-0.2, 0) is 21.4 Å². The molecule has 6 nitrogen and oxygen atoms in total. The predicted molar refractivity (Wildman–Crippen MR) is 132 cm³/mol. The summed E-state index contributed by atoms with van der Waals surface area (Å²) in [5.74, 6) is 0.659. The highest BCUT2D eigenvalue weighted by atomic mass is 32.2. The highest BCUT2D eigenvalue weighted by Crippen LogP contribution is 2.31. The number of aryl methyl sites for hydroxylation is 2. The van der Waals surface area contributed by atoms with Crippen molar-refractivity contribution < 1.29 is 17.9 Å². The molecule has 1 heterocycles. The Morgan fingerprint density at radius 2 is 1.55 bits per heavy atom. The number of anilines is 1. The van der Waals surface area contributed by atoms with E-state index in [9.17, 15) is 13.2 Å². The third kappa shape index (κ3) is 5.95. The SMILES string of the molecule is COc1cc(C)c(S(=O)(=O)N2CCCCCCCCN(C(C)=O)c3ccccc3C2)cc1C. The van der Waals surface area contributed by atoms with E-state index in [1.54, 1.807) is 42.3 Å². The minimum atomic E-state index is -3.74. The molecule has 0 aliphatic carbocycles. The minimum absolute atomic E-state index is 0.0200. The lowest BCUT2D eigenvalue weighted by atomic mass is 10.1. The smallest absolute Gasteiger partial charge is 0.243 e. The highest BCUT2D eigenvalue weighted by molar-refractivity contribution is 7.89. The number of hydrogen-bond donors (Lipinski definition) is 0. The van der Waals surface area contributed by atoms with Gasteiger partial charge in [0.25, 0.3) is 0 Å². The van der Waals surface area contributed by atoms with Gasteiger partial charge in [0.05, 0.1) is 12.0 Å². The second kappa shape index (κ2) is 11.2. The molecule has 1 aliphatic rings. The first-order chi connectivity index (χ1) is 15.8. The number of nitrogens with zero attached hydrogens (tertiary/aromatic N) is 2. The number of fused-ring (bicyclic) bond motifs is 1. The van der Waals surface area contributed by atoms with E-state index in [4.69, 9.17) is 4.74 Å². The first-order valence-corrected chi connectivity index (χ1v) is 13.2. The Morgan fingerprint density at radius 1 is 0.909 bits per heavy atom. The van der Waals surface area contributed by atoms with Gasteiger partial charge in [-0.05, 0) is 61.6 Å². The zero-order chi connectivity index (χ0) is 24.0. The summed E-state index contributed by atoms with van der Waals surface area (Å²) in [5, 5.41) is 0. The van der Waals surface area contributed by atoms with E-state index in [1.807, 2.05) is 31.2 Å². The molecule has 0 N–H and O–H groups in total. The number of amides is 1. The maximum absolute atomic E-state index is 13.9. The lowest BCUT2D eigenvalue weighted by molar-refractivity contribution is -0.116. The quantitative estimate of drug-likeness (QED) is 0.615. The average Bonchev–Trinajstić information content (AvgIpc) is 2.80. The first kappa shape index (κ1) is 25.2. The predicted octanol–water partition coefficient (Wildman–Crippen LogP) is 5.21. The number of ether oxygens (including phenoxy) is 1. The molecule has 0 aromatic heterocycles. The number of carbonyl (C=O) groups is 1. The fourth-order valence-electron chi connectivity index (χ4n) is 4.49. The summed E-state index contributed by atoms with van der Waals surface area (Å²) < 4.78 is 34.7. The average molecular weight is 473 g/mol. The maximum atomic E-state index is 13.9. The van der Waals surface area contributed by atoms with Gasteiger partial charge in [0.2, 0.25) is 15.9 Å². The molecule has 2 aromatic carbocycles. The summed E-state index contributed by atoms with van der Waals surface area (Å²) in [4.78, 5) is 14.6. The Kier molecular flexibility index (Phi) is 8.54. The van der Waals surface area contributed by atoms with E-state index in [0.29, 0.717) is 29.3 Å². The maximum Gasteiger partial charge on any atom is 0.243 e. The molecule has 1 aliphatic heterocycles.